The third-order valence-electron chi connectivity index (χ3n) is 4.79. The summed E-state index contributed by atoms with van der Waals surface area (Å²) in [5.41, 5.74) is 2.36. The van der Waals surface area contributed by atoms with Crippen LogP contribution in [0.2, 0.25) is 0 Å². The van der Waals surface area contributed by atoms with Gasteiger partial charge in [0, 0.05) is 32.6 Å². The smallest absolute Gasteiger partial charge is 0.191 e. The minimum absolute atomic E-state index is 0. The van der Waals surface area contributed by atoms with Gasteiger partial charge in [-0.05, 0) is 36.1 Å². The number of benzene rings is 2. The zero-order valence-corrected chi connectivity index (χ0v) is 20.1. The molecule has 2 N–H and O–H groups in total. The fraction of sp³-hybridized carbons (Fsp3) is 0.348. The van der Waals surface area contributed by atoms with Gasteiger partial charge in [-0.1, -0.05) is 49.4 Å². The number of halogens is 2. The number of aliphatic imine (C=N–C) groups is 1. The Labute approximate surface area is 200 Å². The van der Waals surface area contributed by atoms with E-state index in [-0.39, 0.29) is 29.8 Å². The van der Waals surface area contributed by atoms with Crippen molar-refractivity contribution in [2.24, 2.45) is 4.99 Å². The number of hydrogen-bond donors (Lipinski definition) is 2. The van der Waals surface area contributed by atoms with Crippen molar-refractivity contribution in [3.05, 3.63) is 83.7 Å². The molecular formula is C23H30FIN6. The van der Waals surface area contributed by atoms with Gasteiger partial charge in [0.1, 0.15) is 18.0 Å². The lowest BCUT2D eigenvalue weighted by atomic mass is 10.1. The number of nitrogens with zero attached hydrogens (tertiary/aromatic N) is 4. The molecule has 0 aliphatic heterocycles. The summed E-state index contributed by atoms with van der Waals surface area (Å²) in [7, 11) is 0. The third-order valence-corrected chi connectivity index (χ3v) is 4.79. The highest BCUT2D eigenvalue weighted by Gasteiger charge is 2.03. The van der Waals surface area contributed by atoms with Gasteiger partial charge in [-0.2, -0.15) is 0 Å². The first-order valence-electron chi connectivity index (χ1n) is 10.4. The predicted octanol–water partition coefficient (Wildman–Crippen LogP) is 3.62. The van der Waals surface area contributed by atoms with Crippen LogP contribution in [0.25, 0.3) is 0 Å². The molecule has 6 nitrogen and oxygen atoms in total. The molecule has 8 heteroatoms. The summed E-state index contributed by atoms with van der Waals surface area (Å²) in [5, 5.41) is 14.9. The largest absolute Gasteiger partial charge is 0.356 e. The Morgan fingerprint density at radius 2 is 1.68 bits per heavy atom. The molecule has 0 saturated carbocycles. The Bertz CT molecular complexity index is 911. The van der Waals surface area contributed by atoms with Gasteiger partial charge in [-0.25, -0.2) is 4.39 Å². The highest BCUT2D eigenvalue weighted by molar-refractivity contribution is 14.0. The van der Waals surface area contributed by atoms with E-state index in [4.69, 9.17) is 4.99 Å². The maximum atomic E-state index is 13.1. The molecule has 0 aliphatic carbocycles. The normalized spacial score (nSPS) is 11.1. The Hall–Kier alpha value is -2.49. The molecule has 1 aromatic heterocycles. The van der Waals surface area contributed by atoms with E-state index in [0.717, 1.165) is 56.2 Å². The zero-order valence-electron chi connectivity index (χ0n) is 17.8. The number of nitrogens with one attached hydrogen (secondary N) is 2. The zero-order chi connectivity index (χ0) is 21.0. The van der Waals surface area contributed by atoms with Crippen molar-refractivity contribution in [1.29, 1.82) is 0 Å². The first-order chi connectivity index (χ1) is 14.7. The Morgan fingerprint density at radius 3 is 2.42 bits per heavy atom. The number of aromatic nitrogens is 3. The van der Waals surface area contributed by atoms with Crippen molar-refractivity contribution in [3.63, 3.8) is 0 Å². The predicted molar refractivity (Wildman–Crippen MR) is 133 cm³/mol. The Balaban J connectivity index is 0.00000341. The molecule has 1 heterocycles. The van der Waals surface area contributed by atoms with Crippen LogP contribution in [-0.2, 0) is 25.8 Å². The van der Waals surface area contributed by atoms with Crippen molar-refractivity contribution in [3.8, 4) is 0 Å². The van der Waals surface area contributed by atoms with Gasteiger partial charge in [-0.3, -0.25) is 4.99 Å². The fourth-order valence-electron chi connectivity index (χ4n) is 3.13. The van der Waals surface area contributed by atoms with Crippen molar-refractivity contribution in [2.75, 3.05) is 19.6 Å². The highest BCUT2D eigenvalue weighted by Crippen LogP contribution is 2.03. The van der Waals surface area contributed by atoms with Gasteiger partial charge in [0.2, 0.25) is 0 Å². The number of hydrogen-bond acceptors (Lipinski definition) is 3. The molecule has 0 fully saturated rings. The van der Waals surface area contributed by atoms with Crippen molar-refractivity contribution in [1.82, 2.24) is 25.4 Å². The minimum atomic E-state index is -0.215. The average Bonchev–Trinajstić information content (AvgIpc) is 3.23. The van der Waals surface area contributed by atoms with Gasteiger partial charge in [0.25, 0.3) is 0 Å². The van der Waals surface area contributed by atoms with E-state index in [1.165, 1.54) is 17.7 Å². The summed E-state index contributed by atoms with van der Waals surface area (Å²) >= 11 is 0. The van der Waals surface area contributed by atoms with Crippen LogP contribution in [0.1, 0.15) is 23.9 Å². The maximum absolute atomic E-state index is 13.1. The average molecular weight is 536 g/mol. The molecule has 0 spiro atoms. The second-order valence-electron chi connectivity index (χ2n) is 6.99. The molecule has 3 aromatic rings. The van der Waals surface area contributed by atoms with Gasteiger partial charge >= 0.3 is 0 Å². The molecule has 0 radical (unpaired) electrons. The van der Waals surface area contributed by atoms with Gasteiger partial charge in [0.15, 0.2) is 5.96 Å². The van der Waals surface area contributed by atoms with Crippen LogP contribution in [0.4, 0.5) is 4.39 Å². The number of aryl methyl sites for hydroxylation is 1. The topological polar surface area (TPSA) is 67.1 Å². The second-order valence-corrected chi connectivity index (χ2v) is 6.99. The first-order valence-corrected chi connectivity index (χ1v) is 10.4. The van der Waals surface area contributed by atoms with Crippen molar-refractivity contribution in [2.45, 2.75) is 32.7 Å². The number of guanidine groups is 1. The van der Waals surface area contributed by atoms with Gasteiger partial charge < -0.3 is 15.2 Å². The van der Waals surface area contributed by atoms with Crippen LogP contribution in [0.15, 0.2) is 65.9 Å². The summed E-state index contributed by atoms with van der Waals surface area (Å²) in [6.45, 7) is 4.98. The van der Waals surface area contributed by atoms with E-state index in [2.05, 4.69) is 52.0 Å². The van der Waals surface area contributed by atoms with Crippen LogP contribution >= 0.6 is 24.0 Å². The molecule has 0 unspecified atom stereocenters. The van der Waals surface area contributed by atoms with E-state index in [1.807, 2.05) is 10.6 Å². The quantitative estimate of drug-likeness (QED) is 0.236. The molecule has 2 aromatic carbocycles. The minimum Gasteiger partial charge on any atom is -0.356 e. The van der Waals surface area contributed by atoms with E-state index in [1.54, 1.807) is 18.5 Å². The lowest BCUT2D eigenvalue weighted by molar-refractivity contribution is 0.626. The maximum Gasteiger partial charge on any atom is 0.191 e. The second kappa shape index (κ2) is 13.7. The molecule has 3 rings (SSSR count). The third kappa shape index (κ3) is 8.64. The summed E-state index contributed by atoms with van der Waals surface area (Å²) in [6.07, 6.45) is 4.30. The Kier molecular flexibility index (Phi) is 11.0. The lowest BCUT2D eigenvalue weighted by Gasteiger charge is -2.13. The van der Waals surface area contributed by atoms with Crippen molar-refractivity contribution >= 4 is 29.9 Å². The molecular weight excluding hydrogens is 506 g/mol. The summed E-state index contributed by atoms with van der Waals surface area (Å²) < 4.78 is 15.1. The van der Waals surface area contributed by atoms with Gasteiger partial charge in [0.05, 0.1) is 0 Å². The van der Waals surface area contributed by atoms with Crippen molar-refractivity contribution < 1.29 is 4.39 Å². The van der Waals surface area contributed by atoms with E-state index >= 15 is 0 Å². The summed E-state index contributed by atoms with van der Waals surface area (Å²) in [4.78, 5) is 4.69. The SMILES string of the molecule is CCc1nncn1CCNC(=NCCc1ccc(F)cc1)NCCc1ccccc1.I. The van der Waals surface area contributed by atoms with E-state index < -0.39 is 0 Å². The van der Waals surface area contributed by atoms with Crippen LogP contribution in [-0.4, -0.2) is 40.4 Å². The number of rotatable bonds is 10. The first kappa shape index (κ1) is 24.8. The molecule has 0 atom stereocenters. The van der Waals surface area contributed by atoms with Crippen LogP contribution < -0.4 is 10.6 Å². The molecule has 0 amide bonds. The molecule has 0 bridgehead atoms. The lowest BCUT2D eigenvalue weighted by Crippen LogP contribution is -2.40. The highest BCUT2D eigenvalue weighted by atomic mass is 127. The summed E-state index contributed by atoms with van der Waals surface area (Å²) in [6, 6.07) is 17.0. The molecule has 31 heavy (non-hydrogen) atoms. The standard InChI is InChI=1S/C23H29FN6.HI/c1-2-22-29-28-18-30(22)17-16-27-23(25-14-12-19-6-4-3-5-7-19)26-15-13-20-8-10-21(24)11-9-20;/h3-11,18H,2,12-17H2,1H3,(H2,25,26,27);1H. The van der Waals surface area contributed by atoms with Gasteiger partial charge in [-0.15, -0.1) is 34.2 Å². The van der Waals surface area contributed by atoms with Crippen LogP contribution in [0.5, 0.6) is 0 Å². The molecule has 0 saturated heterocycles. The fourth-order valence-corrected chi connectivity index (χ4v) is 3.13. The monoisotopic (exact) mass is 536 g/mol. The van der Waals surface area contributed by atoms with Crippen LogP contribution in [0.3, 0.4) is 0 Å². The van der Waals surface area contributed by atoms with Crippen LogP contribution in [0, 0.1) is 5.82 Å². The molecule has 166 valence electrons. The van der Waals surface area contributed by atoms with E-state index in [9.17, 15) is 4.39 Å². The van der Waals surface area contributed by atoms with E-state index in [0.29, 0.717) is 6.54 Å². The molecule has 0 aliphatic rings. The summed E-state index contributed by atoms with van der Waals surface area (Å²) in [5.74, 6) is 1.54. The Morgan fingerprint density at radius 1 is 0.968 bits per heavy atom.